The Bertz CT molecular complexity index is 407. The van der Waals surface area contributed by atoms with Gasteiger partial charge in [-0.05, 0) is 49.7 Å². The minimum Gasteiger partial charge on any atom is -0.368 e. The molecule has 3 rings (SSSR count). The SMILES string of the molecule is CC[C@@H](N)c1ccccc1N(CC1CC1)C1CC1. The first-order valence-electron chi connectivity index (χ1n) is 7.40. The summed E-state index contributed by atoms with van der Waals surface area (Å²) in [7, 11) is 0. The average Bonchev–Trinajstić information content (AvgIpc) is 3.28. The van der Waals surface area contributed by atoms with E-state index in [4.69, 9.17) is 5.73 Å². The van der Waals surface area contributed by atoms with Gasteiger partial charge < -0.3 is 10.6 Å². The van der Waals surface area contributed by atoms with Crippen LogP contribution in [0.2, 0.25) is 0 Å². The van der Waals surface area contributed by atoms with Crippen molar-refractivity contribution in [2.45, 2.75) is 51.1 Å². The second kappa shape index (κ2) is 4.93. The molecule has 2 aliphatic carbocycles. The highest BCUT2D eigenvalue weighted by Crippen LogP contribution is 2.40. The van der Waals surface area contributed by atoms with Gasteiger partial charge in [-0.3, -0.25) is 0 Å². The quantitative estimate of drug-likeness (QED) is 0.830. The minimum absolute atomic E-state index is 0.182. The molecule has 0 amide bonds. The Morgan fingerprint density at radius 1 is 1.22 bits per heavy atom. The van der Waals surface area contributed by atoms with Crippen LogP contribution < -0.4 is 10.6 Å². The van der Waals surface area contributed by atoms with Crippen molar-refractivity contribution in [1.29, 1.82) is 0 Å². The summed E-state index contributed by atoms with van der Waals surface area (Å²) in [5, 5.41) is 0. The number of hydrogen-bond acceptors (Lipinski definition) is 2. The zero-order chi connectivity index (χ0) is 12.5. The second-order valence-corrected chi connectivity index (χ2v) is 5.90. The minimum atomic E-state index is 0.182. The van der Waals surface area contributed by atoms with Gasteiger partial charge in [-0.15, -0.1) is 0 Å². The Balaban J connectivity index is 1.87. The molecule has 18 heavy (non-hydrogen) atoms. The smallest absolute Gasteiger partial charge is 0.0417 e. The summed E-state index contributed by atoms with van der Waals surface area (Å²) in [6, 6.07) is 9.73. The van der Waals surface area contributed by atoms with Crippen molar-refractivity contribution in [3.8, 4) is 0 Å². The monoisotopic (exact) mass is 244 g/mol. The molecule has 2 saturated carbocycles. The molecule has 2 heteroatoms. The normalized spacial score (nSPS) is 20.8. The Labute approximate surface area is 110 Å². The number of benzene rings is 1. The summed E-state index contributed by atoms with van der Waals surface area (Å²) < 4.78 is 0. The van der Waals surface area contributed by atoms with E-state index in [2.05, 4.69) is 36.1 Å². The van der Waals surface area contributed by atoms with Crippen LogP contribution in [0.3, 0.4) is 0 Å². The summed E-state index contributed by atoms with van der Waals surface area (Å²) in [5.41, 5.74) is 9.02. The summed E-state index contributed by atoms with van der Waals surface area (Å²) >= 11 is 0. The fourth-order valence-corrected chi connectivity index (χ4v) is 2.69. The zero-order valence-corrected chi connectivity index (χ0v) is 11.3. The van der Waals surface area contributed by atoms with Crippen molar-refractivity contribution in [2.75, 3.05) is 11.4 Å². The molecule has 1 aromatic carbocycles. The van der Waals surface area contributed by atoms with Crippen molar-refractivity contribution in [1.82, 2.24) is 0 Å². The average molecular weight is 244 g/mol. The Kier molecular flexibility index (Phi) is 3.29. The molecule has 2 nitrogen and oxygen atoms in total. The highest BCUT2D eigenvalue weighted by molar-refractivity contribution is 5.56. The van der Waals surface area contributed by atoms with Crippen LogP contribution in [0.25, 0.3) is 0 Å². The lowest BCUT2D eigenvalue weighted by Gasteiger charge is -2.28. The molecule has 2 fully saturated rings. The first kappa shape index (κ1) is 12.0. The first-order chi connectivity index (χ1) is 8.79. The molecule has 0 saturated heterocycles. The lowest BCUT2D eigenvalue weighted by atomic mass is 10.0. The number of rotatable bonds is 6. The molecule has 2 aliphatic rings. The van der Waals surface area contributed by atoms with Crippen molar-refractivity contribution in [2.24, 2.45) is 11.7 Å². The third-order valence-corrected chi connectivity index (χ3v) is 4.22. The predicted octanol–water partition coefficient (Wildman–Crippen LogP) is 3.48. The van der Waals surface area contributed by atoms with Crippen molar-refractivity contribution in [3.05, 3.63) is 29.8 Å². The van der Waals surface area contributed by atoms with Gasteiger partial charge in [0.15, 0.2) is 0 Å². The van der Waals surface area contributed by atoms with Gasteiger partial charge >= 0.3 is 0 Å². The highest BCUT2D eigenvalue weighted by atomic mass is 15.2. The number of hydrogen-bond donors (Lipinski definition) is 1. The maximum Gasteiger partial charge on any atom is 0.0417 e. The lowest BCUT2D eigenvalue weighted by Crippen LogP contribution is -2.30. The van der Waals surface area contributed by atoms with Crippen LogP contribution >= 0.6 is 0 Å². The molecule has 1 aromatic rings. The molecule has 0 unspecified atom stereocenters. The van der Waals surface area contributed by atoms with Crippen LogP contribution in [0.1, 0.15) is 50.6 Å². The molecule has 2 N–H and O–H groups in total. The van der Waals surface area contributed by atoms with Crippen molar-refractivity contribution >= 4 is 5.69 Å². The van der Waals surface area contributed by atoms with Gasteiger partial charge in [0, 0.05) is 24.3 Å². The number of para-hydroxylation sites is 1. The Morgan fingerprint density at radius 2 is 1.94 bits per heavy atom. The van der Waals surface area contributed by atoms with Crippen LogP contribution in [0.4, 0.5) is 5.69 Å². The standard InChI is InChI=1S/C16H24N2/c1-2-15(17)14-5-3-4-6-16(14)18(13-9-10-13)11-12-7-8-12/h3-6,12-13,15H,2,7-11,17H2,1H3/t15-/m1/s1. The molecule has 0 bridgehead atoms. The van der Waals surface area contributed by atoms with E-state index in [-0.39, 0.29) is 6.04 Å². The summed E-state index contributed by atoms with van der Waals surface area (Å²) in [6.07, 6.45) is 6.58. The zero-order valence-electron chi connectivity index (χ0n) is 11.3. The van der Waals surface area contributed by atoms with E-state index in [1.54, 1.807) is 0 Å². The summed E-state index contributed by atoms with van der Waals surface area (Å²) in [4.78, 5) is 2.64. The maximum atomic E-state index is 6.27. The maximum absolute atomic E-state index is 6.27. The molecular formula is C16H24N2. The third kappa shape index (κ3) is 2.54. The van der Waals surface area contributed by atoms with E-state index < -0.39 is 0 Å². The van der Waals surface area contributed by atoms with Crippen molar-refractivity contribution < 1.29 is 0 Å². The fourth-order valence-electron chi connectivity index (χ4n) is 2.69. The molecule has 0 radical (unpaired) electrons. The molecule has 1 atom stereocenters. The molecule has 0 aliphatic heterocycles. The van der Waals surface area contributed by atoms with Crippen LogP contribution in [0.15, 0.2) is 24.3 Å². The van der Waals surface area contributed by atoms with Crippen LogP contribution in [-0.4, -0.2) is 12.6 Å². The Morgan fingerprint density at radius 3 is 2.56 bits per heavy atom. The number of nitrogens with two attached hydrogens (primary N) is 1. The van der Waals surface area contributed by atoms with E-state index in [0.29, 0.717) is 0 Å². The van der Waals surface area contributed by atoms with E-state index >= 15 is 0 Å². The van der Waals surface area contributed by atoms with E-state index in [1.807, 2.05) is 0 Å². The summed E-state index contributed by atoms with van der Waals surface area (Å²) in [5.74, 6) is 0.941. The topological polar surface area (TPSA) is 29.3 Å². The van der Waals surface area contributed by atoms with Crippen molar-refractivity contribution in [3.63, 3.8) is 0 Å². The van der Waals surface area contributed by atoms with Crippen LogP contribution in [0, 0.1) is 5.92 Å². The Hall–Kier alpha value is -1.02. The summed E-state index contributed by atoms with van der Waals surface area (Å²) in [6.45, 7) is 3.42. The largest absolute Gasteiger partial charge is 0.368 e. The lowest BCUT2D eigenvalue weighted by molar-refractivity contribution is 0.673. The highest BCUT2D eigenvalue weighted by Gasteiger charge is 2.34. The number of anilines is 1. The molecular weight excluding hydrogens is 220 g/mol. The van der Waals surface area contributed by atoms with E-state index in [9.17, 15) is 0 Å². The van der Waals surface area contributed by atoms with Gasteiger partial charge in [-0.2, -0.15) is 0 Å². The molecule has 0 spiro atoms. The van der Waals surface area contributed by atoms with Gasteiger partial charge in [0.2, 0.25) is 0 Å². The van der Waals surface area contributed by atoms with Gasteiger partial charge in [0.1, 0.15) is 0 Å². The molecule has 0 aromatic heterocycles. The van der Waals surface area contributed by atoms with E-state index in [0.717, 1.165) is 18.4 Å². The van der Waals surface area contributed by atoms with Crippen LogP contribution in [0.5, 0.6) is 0 Å². The van der Waals surface area contributed by atoms with Gasteiger partial charge in [-0.25, -0.2) is 0 Å². The molecule has 0 heterocycles. The van der Waals surface area contributed by atoms with Gasteiger partial charge in [0.05, 0.1) is 0 Å². The fraction of sp³-hybridized carbons (Fsp3) is 0.625. The number of nitrogens with zero attached hydrogens (tertiary/aromatic N) is 1. The van der Waals surface area contributed by atoms with E-state index in [1.165, 1.54) is 43.5 Å². The first-order valence-corrected chi connectivity index (χ1v) is 7.40. The van der Waals surface area contributed by atoms with Crippen LogP contribution in [-0.2, 0) is 0 Å². The predicted molar refractivity (Wildman–Crippen MR) is 76.8 cm³/mol. The van der Waals surface area contributed by atoms with Gasteiger partial charge in [-0.1, -0.05) is 25.1 Å². The third-order valence-electron chi connectivity index (χ3n) is 4.22. The van der Waals surface area contributed by atoms with Gasteiger partial charge in [0.25, 0.3) is 0 Å². The molecule has 98 valence electrons. The second-order valence-electron chi connectivity index (χ2n) is 5.90.